The van der Waals surface area contributed by atoms with Crippen LogP contribution in [-0.2, 0) is 6.42 Å². The van der Waals surface area contributed by atoms with Crippen LogP contribution in [-0.4, -0.2) is 41.7 Å². The quantitative estimate of drug-likeness (QED) is 0.549. The molecule has 0 radical (unpaired) electrons. The lowest BCUT2D eigenvalue weighted by Gasteiger charge is -2.34. The lowest BCUT2D eigenvalue weighted by atomic mass is 9.93. The Kier molecular flexibility index (Phi) is 6.05. The van der Waals surface area contributed by atoms with Gasteiger partial charge in [-0.25, -0.2) is 5.43 Å². The van der Waals surface area contributed by atoms with E-state index in [0.29, 0.717) is 6.54 Å². The number of amides is 1. The number of aryl methyl sites for hydroxylation is 1. The number of rotatable bonds is 4. The summed E-state index contributed by atoms with van der Waals surface area (Å²) in [5, 5.41) is 4.26. The summed E-state index contributed by atoms with van der Waals surface area (Å²) in [7, 11) is 1.68. The number of fused-ring (bicyclic) bond motifs is 1. The number of nitrogens with zero attached hydrogens (tertiary/aromatic N) is 3. The molecule has 1 N–H and O–H groups in total. The van der Waals surface area contributed by atoms with E-state index in [4.69, 9.17) is 9.73 Å². The van der Waals surface area contributed by atoms with E-state index < -0.39 is 0 Å². The summed E-state index contributed by atoms with van der Waals surface area (Å²) >= 11 is 1.27. The largest absolute Gasteiger partial charge is 0.497 e. The maximum absolute atomic E-state index is 11.8. The van der Waals surface area contributed by atoms with Gasteiger partial charge in [0.2, 0.25) is 0 Å². The minimum atomic E-state index is -0.375. The fourth-order valence-electron chi connectivity index (χ4n) is 4.16. The van der Waals surface area contributed by atoms with Gasteiger partial charge in [0, 0.05) is 24.3 Å². The zero-order valence-corrected chi connectivity index (χ0v) is 19.3. The summed E-state index contributed by atoms with van der Waals surface area (Å²) < 4.78 is 5.06. The van der Waals surface area contributed by atoms with E-state index in [-0.39, 0.29) is 9.99 Å². The Hall–Kier alpha value is -2.80. The van der Waals surface area contributed by atoms with Gasteiger partial charge in [0.15, 0.2) is 0 Å². The molecule has 0 bridgehead atoms. The minimum Gasteiger partial charge on any atom is -0.497 e. The lowest BCUT2D eigenvalue weighted by Crippen LogP contribution is -2.39. The molecule has 1 amide bonds. The Morgan fingerprint density at radius 2 is 2.13 bits per heavy atom. The van der Waals surface area contributed by atoms with Gasteiger partial charge in [0.1, 0.15) is 11.6 Å². The maximum Gasteiger partial charge on any atom is 0.300 e. The molecule has 0 fully saturated rings. The molecule has 0 saturated heterocycles. The summed E-state index contributed by atoms with van der Waals surface area (Å²) in [6.07, 6.45) is 2.05. The maximum atomic E-state index is 11.8. The molecule has 6 nitrogen and oxygen atoms in total. The van der Waals surface area contributed by atoms with Gasteiger partial charge in [0.25, 0.3) is 5.24 Å². The van der Waals surface area contributed by atoms with Gasteiger partial charge in [-0.15, -0.1) is 0 Å². The van der Waals surface area contributed by atoms with Crippen molar-refractivity contribution >= 4 is 34.2 Å². The first-order valence-electron chi connectivity index (χ1n) is 10.6. The van der Waals surface area contributed by atoms with Crippen molar-refractivity contribution in [3.8, 4) is 5.75 Å². The van der Waals surface area contributed by atoms with Crippen LogP contribution in [0.4, 0.5) is 10.5 Å². The molecule has 2 aromatic rings. The van der Waals surface area contributed by atoms with Crippen LogP contribution < -0.4 is 15.1 Å². The number of benzene rings is 2. The average Bonchev–Trinajstić information content (AvgIpc) is 2.76. The van der Waals surface area contributed by atoms with Gasteiger partial charge < -0.3 is 9.64 Å². The van der Waals surface area contributed by atoms with Crippen LogP contribution in [0, 0.1) is 0 Å². The van der Waals surface area contributed by atoms with E-state index in [9.17, 15) is 4.79 Å². The normalized spacial score (nSPS) is 18.2. The number of methoxy groups -OCH3 is 1. The molecule has 0 saturated carbocycles. The Labute approximate surface area is 187 Å². The van der Waals surface area contributed by atoms with Crippen LogP contribution in [0.15, 0.2) is 52.6 Å². The number of hydrogen-bond donors (Lipinski definition) is 1. The number of carbonyl (C=O) groups excluding carboxylic acids is 1. The van der Waals surface area contributed by atoms with Gasteiger partial charge in [-0.05, 0) is 69.0 Å². The lowest BCUT2D eigenvalue weighted by molar-refractivity contribution is 0.260. The highest BCUT2D eigenvalue weighted by molar-refractivity contribution is 8.15. The molecule has 0 spiro atoms. The van der Waals surface area contributed by atoms with Gasteiger partial charge in [-0.1, -0.05) is 30.0 Å². The second-order valence-electron chi connectivity index (χ2n) is 8.10. The Morgan fingerprint density at radius 1 is 1.29 bits per heavy atom. The smallest absolute Gasteiger partial charge is 0.300 e. The standard InChI is InChI=1S/C24H28N4O2S/c1-5-25-22(18-8-6-10-19(15-18)30-4)28-13-7-9-16-14-17(11-12-20(16)28)21-24(2,3)31-23(29)27-26-21/h6,8,10-12,14-15H,5,7,9,13H2,1-4H3,(H,27,29). The molecule has 0 aliphatic carbocycles. The topological polar surface area (TPSA) is 66.3 Å². The fraction of sp³-hybridized carbons (Fsp3) is 0.375. The van der Waals surface area contributed by atoms with Gasteiger partial charge in [0.05, 0.1) is 17.6 Å². The summed E-state index contributed by atoms with van der Waals surface area (Å²) in [5.74, 6) is 1.79. The Balaban J connectivity index is 1.73. The van der Waals surface area contributed by atoms with E-state index in [2.05, 4.69) is 46.6 Å². The number of thioether (sulfide) groups is 1. The molecule has 0 aromatic heterocycles. The van der Waals surface area contributed by atoms with Crippen LogP contribution >= 0.6 is 11.8 Å². The van der Waals surface area contributed by atoms with Crippen molar-refractivity contribution < 1.29 is 9.53 Å². The summed E-state index contributed by atoms with van der Waals surface area (Å²) in [5.41, 5.74) is 8.06. The van der Waals surface area contributed by atoms with E-state index in [0.717, 1.165) is 47.8 Å². The van der Waals surface area contributed by atoms with Gasteiger partial charge in [-0.3, -0.25) is 9.79 Å². The summed E-state index contributed by atoms with van der Waals surface area (Å²) in [6, 6.07) is 14.6. The number of aliphatic imine (C=N–C) groups is 1. The third-order valence-electron chi connectivity index (χ3n) is 5.54. The Bertz CT molecular complexity index is 1060. The number of hydrogen-bond acceptors (Lipinski definition) is 5. The fourth-order valence-corrected chi connectivity index (χ4v) is 4.98. The molecule has 2 aliphatic heterocycles. The molecular formula is C24H28N4O2S. The van der Waals surface area contributed by atoms with Crippen molar-refractivity contribution in [2.75, 3.05) is 25.1 Å². The Morgan fingerprint density at radius 3 is 2.87 bits per heavy atom. The molecule has 2 aromatic carbocycles. The van der Waals surface area contributed by atoms with Crippen LogP contribution in [0.5, 0.6) is 5.75 Å². The average molecular weight is 437 g/mol. The highest BCUT2D eigenvalue weighted by Crippen LogP contribution is 2.35. The van der Waals surface area contributed by atoms with Crippen LogP contribution in [0.3, 0.4) is 0 Å². The summed E-state index contributed by atoms with van der Waals surface area (Å²) in [6.45, 7) is 7.76. The molecular weight excluding hydrogens is 408 g/mol. The van der Waals surface area contributed by atoms with Crippen LogP contribution in [0.1, 0.15) is 43.9 Å². The third kappa shape index (κ3) is 4.32. The molecule has 162 valence electrons. The van der Waals surface area contributed by atoms with Crippen molar-refractivity contribution in [2.24, 2.45) is 10.1 Å². The zero-order valence-electron chi connectivity index (χ0n) is 18.4. The van der Waals surface area contributed by atoms with Crippen LogP contribution in [0.25, 0.3) is 0 Å². The van der Waals surface area contributed by atoms with Crippen molar-refractivity contribution in [3.63, 3.8) is 0 Å². The first-order chi connectivity index (χ1) is 14.9. The molecule has 4 rings (SSSR count). The molecule has 31 heavy (non-hydrogen) atoms. The van der Waals surface area contributed by atoms with Crippen molar-refractivity contribution in [1.29, 1.82) is 0 Å². The highest BCUT2D eigenvalue weighted by atomic mass is 32.2. The molecule has 0 unspecified atom stereocenters. The summed E-state index contributed by atoms with van der Waals surface area (Å²) in [4.78, 5) is 18.9. The second-order valence-corrected chi connectivity index (χ2v) is 9.70. The third-order valence-corrected chi connectivity index (χ3v) is 6.52. The second kappa shape index (κ2) is 8.75. The van der Waals surface area contributed by atoms with Crippen molar-refractivity contribution in [2.45, 2.75) is 38.4 Å². The van der Waals surface area contributed by atoms with E-state index in [1.807, 2.05) is 32.0 Å². The van der Waals surface area contributed by atoms with Gasteiger partial charge in [-0.2, -0.15) is 5.10 Å². The predicted molar refractivity (Wildman–Crippen MR) is 129 cm³/mol. The van der Waals surface area contributed by atoms with Crippen molar-refractivity contribution in [3.05, 3.63) is 59.2 Å². The first kappa shape index (κ1) is 21.4. The highest BCUT2D eigenvalue weighted by Gasteiger charge is 2.34. The number of anilines is 1. The van der Waals surface area contributed by atoms with E-state index in [1.165, 1.54) is 23.0 Å². The van der Waals surface area contributed by atoms with Crippen molar-refractivity contribution in [1.82, 2.24) is 5.43 Å². The number of carbonyl (C=O) groups is 1. The SMILES string of the molecule is CCN=C(c1cccc(OC)c1)N1CCCc2cc(C3=NNC(=O)SC3(C)C)ccc21. The first-order valence-corrected chi connectivity index (χ1v) is 11.4. The zero-order chi connectivity index (χ0) is 22.0. The predicted octanol–water partition coefficient (Wildman–Crippen LogP) is 4.85. The number of amidine groups is 1. The minimum absolute atomic E-state index is 0.114. The van der Waals surface area contributed by atoms with E-state index >= 15 is 0 Å². The number of ether oxygens (including phenoxy) is 1. The number of hydrazone groups is 1. The van der Waals surface area contributed by atoms with Crippen LogP contribution in [0.2, 0.25) is 0 Å². The molecule has 7 heteroatoms. The van der Waals surface area contributed by atoms with E-state index in [1.54, 1.807) is 7.11 Å². The number of nitrogens with one attached hydrogen (secondary N) is 1. The molecule has 0 atom stereocenters. The molecule has 2 heterocycles. The van der Waals surface area contributed by atoms with Gasteiger partial charge >= 0.3 is 0 Å². The monoisotopic (exact) mass is 436 g/mol. The molecule has 2 aliphatic rings.